The maximum Gasteiger partial charge on any atom is -0.00140 e. The van der Waals surface area contributed by atoms with Crippen LogP contribution in [0.3, 0.4) is 0 Å². The lowest BCUT2D eigenvalue weighted by Gasteiger charge is -2.20. The van der Waals surface area contributed by atoms with Crippen molar-refractivity contribution >= 4 is 32.3 Å². The average Bonchev–Trinajstić information content (AvgIpc) is 2.93. The van der Waals surface area contributed by atoms with Gasteiger partial charge in [-0.05, 0) is 84.3 Å². The molecule has 0 amide bonds. The smallest absolute Gasteiger partial charge is 0.00140 e. The number of benzene rings is 7. The fourth-order valence-electron chi connectivity index (χ4n) is 5.74. The van der Waals surface area contributed by atoms with Gasteiger partial charge in [-0.2, -0.15) is 0 Å². The highest BCUT2D eigenvalue weighted by Gasteiger charge is 2.19. The molecular formula is C35H24. The second-order valence-corrected chi connectivity index (χ2v) is 9.38. The zero-order valence-electron chi connectivity index (χ0n) is 19.6. The van der Waals surface area contributed by atoms with Crippen LogP contribution in [0.1, 0.15) is 5.56 Å². The van der Waals surface area contributed by atoms with Gasteiger partial charge < -0.3 is 0 Å². The maximum atomic E-state index is 2.39. The van der Waals surface area contributed by atoms with E-state index in [9.17, 15) is 0 Å². The summed E-state index contributed by atoms with van der Waals surface area (Å²) < 4.78 is 0. The molecule has 0 radical (unpaired) electrons. The van der Waals surface area contributed by atoms with Crippen LogP contribution >= 0.6 is 0 Å². The minimum Gasteiger partial charge on any atom is -0.0622 e. The molecule has 0 bridgehead atoms. The van der Waals surface area contributed by atoms with Crippen molar-refractivity contribution in [1.29, 1.82) is 0 Å². The summed E-state index contributed by atoms with van der Waals surface area (Å²) >= 11 is 0. The van der Waals surface area contributed by atoms with Gasteiger partial charge in [0.2, 0.25) is 0 Å². The van der Waals surface area contributed by atoms with Crippen LogP contribution in [-0.4, -0.2) is 0 Å². The molecule has 0 spiro atoms. The molecule has 0 aliphatic heterocycles. The van der Waals surface area contributed by atoms with Crippen molar-refractivity contribution in [3.05, 3.63) is 133 Å². The third kappa shape index (κ3) is 3.07. The molecule has 0 atom stereocenters. The van der Waals surface area contributed by atoms with Crippen LogP contribution in [-0.2, 0) is 0 Å². The standard InChI is InChI=1S/C35H24/c1-23-21-31(24-11-5-2-6-12-24)28-19-20-30-33(26-15-9-4-10-16-26)22-32(25-13-7-3-8-14-25)29-18-17-27(23)34(28)35(29)30/h2-22H,1H3. The van der Waals surface area contributed by atoms with E-state index in [0.717, 1.165) is 0 Å². The van der Waals surface area contributed by atoms with Crippen molar-refractivity contribution in [2.45, 2.75) is 6.92 Å². The first kappa shape index (κ1) is 20.0. The second kappa shape index (κ2) is 7.82. The topological polar surface area (TPSA) is 0 Å². The molecule has 0 saturated heterocycles. The van der Waals surface area contributed by atoms with Crippen LogP contribution in [0.2, 0.25) is 0 Å². The Morgan fingerprint density at radius 3 is 1.11 bits per heavy atom. The van der Waals surface area contributed by atoms with Gasteiger partial charge in [0.1, 0.15) is 0 Å². The Balaban J connectivity index is 1.70. The highest BCUT2D eigenvalue weighted by Crippen LogP contribution is 2.46. The monoisotopic (exact) mass is 444 g/mol. The Hall–Kier alpha value is -4.42. The minimum atomic E-state index is 1.25. The molecule has 0 heteroatoms. The van der Waals surface area contributed by atoms with E-state index in [1.54, 1.807) is 0 Å². The Bertz CT molecular complexity index is 1750. The van der Waals surface area contributed by atoms with Gasteiger partial charge in [0, 0.05) is 0 Å². The summed E-state index contributed by atoms with van der Waals surface area (Å²) in [6, 6.07) is 46.4. The fourth-order valence-corrected chi connectivity index (χ4v) is 5.74. The molecule has 0 unspecified atom stereocenters. The van der Waals surface area contributed by atoms with E-state index in [1.165, 1.54) is 71.3 Å². The summed E-state index contributed by atoms with van der Waals surface area (Å²) in [4.78, 5) is 0. The zero-order chi connectivity index (χ0) is 23.4. The molecular weight excluding hydrogens is 420 g/mol. The summed E-state index contributed by atoms with van der Waals surface area (Å²) in [5, 5.41) is 8.01. The van der Waals surface area contributed by atoms with E-state index < -0.39 is 0 Å². The maximum absolute atomic E-state index is 2.39. The van der Waals surface area contributed by atoms with Crippen molar-refractivity contribution in [1.82, 2.24) is 0 Å². The predicted molar refractivity (Wildman–Crippen MR) is 151 cm³/mol. The van der Waals surface area contributed by atoms with E-state index in [4.69, 9.17) is 0 Å². The van der Waals surface area contributed by atoms with Gasteiger partial charge in [-0.3, -0.25) is 0 Å². The molecule has 35 heavy (non-hydrogen) atoms. The van der Waals surface area contributed by atoms with E-state index >= 15 is 0 Å². The predicted octanol–water partition coefficient (Wildman–Crippen LogP) is 9.89. The van der Waals surface area contributed by atoms with Crippen LogP contribution in [0.4, 0.5) is 0 Å². The number of hydrogen-bond donors (Lipinski definition) is 0. The molecule has 0 aromatic heterocycles. The normalized spacial score (nSPS) is 11.6. The summed E-state index contributed by atoms with van der Waals surface area (Å²) in [6.45, 7) is 2.24. The Labute approximate surface area is 205 Å². The second-order valence-electron chi connectivity index (χ2n) is 9.38. The molecule has 0 heterocycles. The first-order valence-corrected chi connectivity index (χ1v) is 12.2. The summed E-state index contributed by atoms with van der Waals surface area (Å²) in [7, 11) is 0. The van der Waals surface area contributed by atoms with Crippen LogP contribution < -0.4 is 0 Å². The molecule has 7 rings (SSSR count). The third-order valence-corrected chi connectivity index (χ3v) is 7.36. The molecule has 0 nitrogen and oxygen atoms in total. The largest absolute Gasteiger partial charge is 0.0622 e. The van der Waals surface area contributed by atoms with Crippen molar-refractivity contribution in [3.8, 4) is 33.4 Å². The quantitative estimate of drug-likeness (QED) is 0.238. The fraction of sp³-hybridized carbons (Fsp3) is 0.0286. The lowest BCUT2D eigenvalue weighted by molar-refractivity contribution is 1.53. The van der Waals surface area contributed by atoms with Crippen LogP contribution in [0.5, 0.6) is 0 Å². The van der Waals surface area contributed by atoms with E-state index in [2.05, 4.69) is 134 Å². The van der Waals surface area contributed by atoms with Gasteiger partial charge in [0.05, 0.1) is 0 Å². The van der Waals surface area contributed by atoms with Gasteiger partial charge in [-0.15, -0.1) is 0 Å². The molecule has 0 aliphatic rings. The van der Waals surface area contributed by atoms with E-state index in [1.807, 2.05) is 0 Å². The van der Waals surface area contributed by atoms with E-state index in [0.29, 0.717) is 0 Å². The number of aryl methyl sites for hydroxylation is 1. The molecule has 7 aromatic rings. The highest BCUT2D eigenvalue weighted by atomic mass is 14.2. The molecule has 0 aliphatic carbocycles. The SMILES string of the molecule is Cc1cc(-c2ccccc2)c2ccc3c(-c4ccccc4)cc(-c4ccccc4)c4ccc1c2c43. The van der Waals surface area contributed by atoms with Gasteiger partial charge in [0.15, 0.2) is 0 Å². The Kier molecular flexibility index (Phi) is 4.47. The summed E-state index contributed by atoms with van der Waals surface area (Å²) in [6.07, 6.45) is 0. The van der Waals surface area contributed by atoms with Crippen molar-refractivity contribution in [2.75, 3.05) is 0 Å². The van der Waals surface area contributed by atoms with Crippen molar-refractivity contribution < 1.29 is 0 Å². The van der Waals surface area contributed by atoms with Gasteiger partial charge in [0.25, 0.3) is 0 Å². The van der Waals surface area contributed by atoms with Gasteiger partial charge in [-0.1, -0.05) is 121 Å². The number of rotatable bonds is 3. The van der Waals surface area contributed by atoms with Crippen molar-refractivity contribution in [2.24, 2.45) is 0 Å². The summed E-state index contributed by atoms with van der Waals surface area (Å²) in [5.41, 5.74) is 8.96. The highest BCUT2D eigenvalue weighted by molar-refractivity contribution is 6.30. The summed E-state index contributed by atoms with van der Waals surface area (Å²) in [5.74, 6) is 0. The Morgan fingerprint density at radius 2 is 0.686 bits per heavy atom. The first-order chi connectivity index (χ1) is 17.3. The van der Waals surface area contributed by atoms with E-state index in [-0.39, 0.29) is 0 Å². The van der Waals surface area contributed by atoms with Gasteiger partial charge in [-0.25, -0.2) is 0 Å². The number of hydrogen-bond acceptors (Lipinski definition) is 0. The van der Waals surface area contributed by atoms with Crippen LogP contribution in [0, 0.1) is 6.92 Å². The Morgan fingerprint density at radius 1 is 0.343 bits per heavy atom. The van der Waals surface area contributed by atoms with Gasteiger partial charge >= 0.3 is 0 Å². The average molecular weight is 445 g/mol. The van der Waals surface area contributed by atoms with Crippen molar-refractivity contribution in [3.63, 3.8) is 0 Å². The molecule has 164 valence electrons. The van der Waals surface area contributed by atoms with Crippen LogP contribution in [0.25, 0.3) is 65.7 Å². The molecule has 7 aromatic carbocycles. The lowest BCUT2D eigenvalue weighted by Crippen LogP contribution is -1.93. The zero-order valence-corrected chi connectivity index (χ0v) is 19.6. The molecule has 0 fully saturated rings. The molecule has 0 saturated carbocycles. The molecule has 0 N–H and O–H groups in total. The third-order valence-electron chi connectivity index (χ3n) is 7.36. The lowest BCUT2D eigenvalue weighted by atomic mass is 9.83. The van der Waals surface area contributed by atoms with Crippen LogP contribution in [0.15, 0.2) is 127 Å². The minimum absolute atomic E-state index is 1.25. The first-order valence-electron chi connectivity index (χ1n) is 12.2.